The summed E-state index contributed by atoms with van der Waals surface area (Å²) in [6.45, 7) is 7.00. The molecule has 0 heterocycles. The number of unbranched alkanes of at least 4 members (excludes halogenated alkanes) is 16. The highest BCUT2D eigenvalue weighted by Crippen LogP contribution is 2.18. The first-order valence-electron chi connectivity index (χ1n) is 11.8. The van der Waals surface area contributed by atoms with Crippen molar-refractivity contribution in [2.75, 3.05) is 0 Å². The average Bonchev–Trinajstić information content (AvgIpc) is 2.61. The van der Waals surface area contributed by atoms with Gasteiger partial charge in [0.2, 0.25) is 0 Å². The van der Waals surface area contributed by atoms with E-state index < -0.39 is 0 Å². The molecule has 0 N–H and O–H groups in total. The van der Waals surface area contributed by atoms with Crippen LogP contribution in [-0.4, -0.2) is 0 Å². The minimum Gasteiger partial charge on any atom is -0.0654 e. The van der Waals surface area contributed by atoms with Crippen LogP contribution in [0.25, 0.3) is 0 Å². The van der Waals surface area contributed by atoms with Crippen LogP contribution in [0.4, 0.5) is 0 Å². The van der Waals surface area contributed by atoms with Gasteiger partial charge in [-0.1, -0.05) is 149 Å². The van der Waals surface area contributed by atoms with Crippen molar-refractivity contribution in [2.24, 2.45) is 5.92 Å². The molecule has 0 aliphatic rings. The van der Waals surface area contributed by atoms with E-state index in [0.29, 0.717) is 0 Å². The molecule has 0 nitrogen and oxygen atoms in total. The van der Waals surface area contributed by atoms with E-state index in [4.69, 9.17) is 0 Å². The third-order valence-electron chi connectivity index (χ3n) is 5.87. The summed E-state index contributed by atoms with van der Waals surface area (Å²) >= 11 is 0. The highest BCUT2D eigenvalue weighted by molar-refractivity contribution is 4.55. The lowest BCUT2D eigenvalue weighted by atomic mass is 9.95. The van der Waals surface area contributed by atoms with E-state index in [0.717, 1.165) is 5.92 Å². The van der Waals surface area contributed by atoms with E-state index in [2.05, 4.69) is 20.8 Å². The van der Waals surface area contributed by atoms with E-state index >= 15 is 0 Å². The second kappa shape index (κ2) is 21.0. The van der Waals surface area contributed by atoms with Crippen molar-refractivity contribution in [2.45, 2.75) is 149 Å². The van der Waals surface area contributed by atoms with Crippen LogP contribution in [0.15, 0.2) is 0 Å². The Morgan fingerprint density at radius 3 is 0.958 bits per heavy atom. The Hall–Kier alpha value is 0. The molecule has 0 radical (unpaired) electrons. The first-order chi connectivity index (χ1) is 11.8. The molecule has 0 unspecified atom stereocenters. The van der Waals surface area contributed by atoms with Gasteiger partial charge >= 0.3 is 0 Å². The zero-order valence-electron chi connectivity index (χ0n) is 17.7. The zero-order chi connectivity index (χ0) is 17.7. The fraction of sp³-hybridized carbons (Fsp3) is 1.00. The van der Waals surface area contributed by atoms with Crippen molar-refractivity contribution in [1.29, 1.82) is 0 Å². The number of rotatable bonds is 20. The minimum atomic E-state index is 1.00. The molecule has 24 heavy (non-hydrogen) atoms. The Morgan fingerprint density at radius 2 is 0.667 bits per heavy atom. The maximum Gasteiger partial charge on any atom is -0.0420 e. The van der Waals surface area contributed by atoms with Crippen LogP contribution in [0.3, 0.4) is 0 Å². The van der Waals surface area contributed by atoms with Crippen molar-refractivity contribution in [3.05, 3.63) is 0 Å². The van der Waals surface area contributed by atoms with Gasteiger partial charge in [0.1, 0.15) is 0 Å². The summed E-state index contributed by atoms with van der Waals surface area (Å²) in [4.78, 5) is 0. The SMILES string of the molecule is CCCCCCCCCCCCCCCCCCCC(CC)CC. The lowest BCUT2D eigenvalue weighted by Crippen LogP contribution is -1.96. The fourth-order valence-electron chi connectivity index (χ4n) is 3.85. The quantitative estimate of drug-likeness (QED) is 0.194. The highest BCUT2D eigenvalue weighted by Gasteiger charge is 2.02. The maximum atomic E-state index is 2.35. The molecule has 0 rings (SSSR count). The summed E-state index contributed by atoms with van der Waals surface area (Å²) in [6.07, 6.45) is 29.3. The molecule has 0 amide bonds. The smallest absolute Gasteiger partial charge is 0.0420 e. The van der Waals surface area contributed by atoms with Gasteiger partial charge in [-0.3, -0.25) is 0 Å². The van der Waals surface area contributed by atoms with Gasteiger partial charge in [-0.25, -0.2) is 0 Å². The largest absolute Gasteiger partial charge is 0.0654 e. The number of hydrogen-bond acceptors (Lipinski definition) is 0. The molecular formula is C24H50. The lowest BCUT2D eigenvalue weighted by molar-refractivity contribution is 0.426. The Bertz CT molecular complexity index is 204. The van der Waals surface area contributed by atoms with Crippen LogP contribution in [0.1, 0.15) is 149 Å². The zero-order valence-corrected chi connectivity index (χ0v) is 17.7. The van der Waals surface area contributed by atoms with Crippen LogP contribution >= 0.6 is 0 Å². The van der Waals surface area contributed by atoms with Crippen molar-refractivity contribution in [1.82, 2.24) is 0 Å². The molecule has 0 atom stereocenters. The van der Waals surface area contributed by atoms with Crippen LogP contribution in [0, 0.1) is 5.92 Å². The van der Waals surface area contributed by atoms with Crippen molar-refractivity contribution >= 4 is 0 Å². The molecule has 0 aromatic heterocycles. The molecule has 0 aliphatic carbocycles. The fourth-order valence-corrected chi connectivity index (χ4v) is 3.85. The van der Waals surface area contributed by atoms with Gasteiger partial charge in [0.25, 0.3) is 0 Å². The Labute approximate surface area is 155 Å². The van der Waals surface area contributed by atoms with Gasteiger partial charge in [0.05, 0.1) is 0 Å². The Morgan fingerprint density at radius 1 is 0.375 bits per heavy atom. The minimum absolute atomic E-state index is 1.00. The standard InChI is InChI=1S/C24H50/c1-4-7-8-9-10-11-12-13-14-15-16-17-18-19-20-21-22-23-24(5-2)6-3/h24H,4-23H2,1-3H3. The van der Waals surface area contributed by atoms with E-state index in [1.807, 2.05) is 0 Å². The maximum absolute atomic E-state index is 2.35. The van der Waals surface area contributed by atoms with E-state index in [9.17, 15) is 0 Å². The molecule has 0 bridgehead atoms. The second-order valence-electron chi connectivity index (χ2n) is 8.13. The molecule has 0 aromatic rings. The van der Waals surface area contributed by atoms with Crippen LogP contribution < -0.4 is 0 Å². The topological polar surface area (TPSA) is 0 Å². The predicted octanol–water partition coefficient (Wildman–Crippen LogP) is 9.46. The first-order valence-corrected chi connectivity index (χ1v) is 11.8. The monoisotopic (exact) mass is 338 g/mol. The first kappa shape index (κ1) is 24.0. The van der Waals surface area contributed by atoms with Crippen LogP contribution in [0.2, 0.25) is 0 Å². The second-order valence-corrected chi connectivity index (χ2v) is 8.13. The lowest BCUT2D eigenvalue weighted by Gasteiger charge is -2.11. The average molecular weight is 339 g/mol. The van der Waals surface area contributed by atoms with Crippen LogP contribution in [-0.2, 0) is 0 Å². The van der Waals surface area contributed by atoms with Gasteiger partial charge in [-0.15, -0.1) is 0 Å². The molecule has 0 fully saturated rings. The van der Waals surface area contributed by atoms with Gasteiger partial charge in [-0.2, -0.15) is 0 Å². The Kier molecular flexibility index (Phi) is 21.0. The summed E-state index contributed by atoms with van der Waals surface area (Å²) < 4.78 is 0. The summed E-state index contributed by atoms with van der Waals surface area (Å²) in [5.41, 5.74) is 0. The van der Waals surface area contributed by atoms with E-state index in [1.54, 1.807) is 0 Å². The van der Waals surface area contributed by atoms with Crippen molar-refractivity contribution in [3.8, 4) is 0 Å². The molecule has 0 saturated carbocycles. The Balaban J connectivity index is 3.03. The molecule has 0 aromatic carbocycles. The normalized spacial score (nSPS) is 11.5. The predicted molar refractivity (Wildman–Crippen MR) is 113 cm³/mol. The van der Waals surface area contributed by atoms with Crippen LogP contribution in [0.5, 0.6) is 0 Å². The third-order valence-corrected chi connectivity index (χ3v) is 5.87. The van der Waals surface area contributed by atoms with Crippen molar-refractivity contribution in [3.63, 3.8) is 0 Å². The summed E-state index contributed by atoms with van der Waals surface area (Å²) in [5.74, 6) is 1.00. The molecule has 0 heteroatoms. The van der Waals surface area contributed by atoms with Gasteiger partial charge < -0.3 is 0 Å². The molecular weight excluding hydrogens is 288 g/mol. The summed E-state index contributed by atoms with van der Waals surface area (Å²) in [5, 5.41) is 0. The molecule has 0 aliphatic heterocycles. The number of hydrogen-bond donors (Lipinski definition) is 0. The highest BCUT2D eigenvalue weighted by atomic mass is 14.1. The summed E-state index contributed by atoms with van der Waals surface area (Å²) in [7, 11) is 0. The molecule has 146 valence electrons. The van der Waals surface area contributed by atoms with E-state index in [1.165, 1.54) is 128 Å². The van der Waals surface area contributed by atoms with Gasteiger partial charge in [-0.05, 0) is 5.92 Å². The van der Waals surface area contributed by atoms with E-state index in [-0.39, 0.29) is 0 Å². The van der Waals surface area contributed by atoms with Gasteiger partial charge in [0, 0.05) is 0 Å². The summed E-state index contributed by atoms with van der Waals surface area (Å²) in [6, 6.07) is 0. The molecule has 0 spiro atoms. The van der Waals surface area contributed by atoms with Crippen molar-refractivity contribution < 1.29 is 0 Å². The third kappa shape index (κ3) is 18.3. The van der Waals surface area contributed by atoms with Gasteiger partial charge in [0.15, 0.2) is 0 Å². The molecule has 0 saturated heterocycles.